The SMILES string of the molecule is CC(C)c1ccc(NC(=O)C2CCN(c3ccc(=O)n(-c4cccc(Cl)c4)n3)CC2)cc1. The van der Waals surface area contributed by atoms with E-state index in [0.29, 0.717) is 35.5 Å². The Kier molecular flexibility index (Phi) is 6.61. The first-order chi connectivity index (χ1) is 15.4. The van der Waals surface area contributed by atoms with Crippen molar-refractivity contribution in [1.82, 2.24) is 9.78 Å². The summed E-state index contributed by atoms with van der Waals surface area (Å²) < 4.78 is 1.36. The third kappa shape index (κ3) is 5.02. The molecular weight excluding hydrogens is 424 g/mol. The lowest BCUT2D eigenvalue weighted by Gasteiger charge is -2.32. The summed E-state index contributed by atoms with van der Waals surface area (Å²) in [6.45, 7) is 5.70. The number of piperidine rings is 1. The van der Waals surface area contributed by atoms with Crippen LogP contribution in [0.1, 0.15) is 38.2 Å². The van der Waals surface area contributed by atoms with Gasteiger partial charge in [0.25, 0.3) is 5.56 Å². The van der Waals surface area contributed by atoms with E-state index in [0.717, 1.165) is 18.5 Å². The minimum atomic E-state index is -0.214. The quantitative estimate of drug-likeness (QED) is 0.602. The summed E-state index contributed by atoms with van der Waals surface area (Å²) in [6, 6.07) is 18.4. The largest absolute Gasteiger partial charge is 0.355 e. The molecule has 0 saturated carbocycles. The lowest BCUT2D eigenvalue weighted by atomic mass is 9.95. The highest BCUT2D eigenvalue weighted by molar-refractivity contribution is 6.30. The molecule has 7 heteroatoms. The second-order valence-corrected chi connectivity index (χ2v) is 8.89. The molecule has 0 radical (unpaired) electrons. The molecule has 1 saturated heterocycles. The van der Waals surface area contributed by atoms with Gasteiger partial charge in [0.1, 0.15) is 5.82 Å². The molecule has 1 fully saturated rings. The molecule has 0 spiro atoms. The highest BCUT2D eigenvalue weighted by Gasteiger charge is 2.26. The fraction of sp³-hybridized carbons (Fsp3) is 0.320. The maximum absolute atomic E-state index is 12.7. The van der Waals surface area contributed by atoms with Gasteiger partial charge in [-0.1, -0.05) is 43.6 Å². The van der Waals surface area contributed by atoms with Crippen LogP contribution < -0.4 is 15.8 Å². The number of rotatable bonds is 5. The summed E-state index contributed by atoms with van der Waals surface area (Å²) >= 11 is 6.07. The van der Waals surface area contributed by atoms with Gasteiger partial charge in [-0.05, 0) is 60.7 Å². The first-order valence-corrected chi connectivity index (χ1v) is 11.3. The van der Waals surface area contributed by atoms with Crippen molar-refractivity contribution in [2.75, 3.05) is 23.3 Å². The van der Waals surface area contributed by atoms with Crippen molar-refractivity contribution in [1.29, 1.82) is 0 Å². The van der Waals surface area contributed by atoms with Gasteiger partial charge in [0.15, 0.2) is 0 Å². The Morgan fingerprint density at radius 1 is 1.06 bits per heavy atom. The molecule has 1 amide bonds. The maximum Gasteiger partial charge on any atom is 0.271 e. The van der Waals surface area contributed by atoms with Crippen molar-refractivity contribution in [3.63, 3.8) is 0 Å². The third-order valence-electron chi connectivity index (χ3n) is 5.87. The fourth-order valence-corrected chi connectivity index (χ4v) is 4.11. The Morgan fingerprint density at radius 3 is 2.44 bits per heavy atom. The number of halogens is 1. The number of nitrogens with zero attached hydrogens (tertiary/aromatic N) is 3. The number of anilines is 2. The molecule has 3 aromatic rings. The maximum atomic E-state index is 12.7. The Bertz CT molecular complexity index is 1150. The number of hydrogen-bond acceptors (Lipinski definition) is 4. The minimum Gasteiger partial charge on any atom is -0.355 e. The summed E-state index contributed by atoms with van der Waals surface area (Å²) in [4.78, 5) is 27.2. The number of nitrogens with one attached hydrogen (secondary N) is 1. The summed E-state index contributed by atoms with van der Waals surface area (Å²) in [5.41, 5.74) is 2.50. The normalized spacial score (nSPS) is 14.6. The highest BCUT2D eigenvalue weighted by atomic mass is 35.5. The van der Waals surface area contributed by atoms with Gasteiger partial charge in [0, 0.05) is 35.8 Å². The van der Waals surface area contributed by atoms with Crippen LogP contribution in [0.2, 0.25) is 5.02 Å². The van der Waals surface area contributed by atoms with Crippen LogP contribution >= 0.6 is 11.6 Å². The van der Waals surface area contributed by atoms with Crippen molar-refractivity contribution < 1.29 is 4.79 Å². The van der Waals surface area contributed by atoms with Crippen molar-refractivity contribution >= 4 is 29.0 Å². The molecule has 0 aliphatic carbocycles. The minimum absolute atomic E-state index is 0.0464. The molecule has 1 aliphatic heterocycles. The molecule has 32 heavy (non-hydrogen) atoms. The van der Waals surface area contributed by atoms with E-state index < -0.39 is 0 Å². The molecule has 6 nitrogen and oxygen atoms in total. The summed E-state index contributed by atoms with van der Waals surface area (Å²) in [6.07, 6.45) is 1.46. The molecule has 0 atom stereocenters. The Morgan fingerprint density at radius 2 is 1.78 bits per heavy atom. The molecule has 1 N–H and O–H groups in total. The van der Waals surface area contributed by atoms with Crippen LogP contribution in [0.3, 0.4) is 0 Å². The molecule has 2 heterocycles. The smallest absolute Gasteiger partial charge is 0.271 e. The predicted molar refractivity (Wildman–Crippen MR) is 129 cm³/mol. The molecule has 1 aromatic heterocycles. The van der Waals surface area contributed by atoms with Gasteiger partial charge in [-0.2, -0.15) is 4.68 Å². The number of hydrogen-bond donors (Lipinski definition) is 1. The molecule has 0 unspecified atom stereocenters. The van der Waals surface area contributed by atoms with Crippen molar-refractivity contribution in [3.8, 4) is 5.69 Å². The van der Waals surface area contributed by atoms with Crippen LogP contribution in [0.25, 0.3) is 5.69 Å². The molecule has 166 valence electrons. The monoisotopic (exact) mass is 450 g/mol. The summed E-state index contributed by atoms with van der Waals surface area (Å²) in [5.74, 6) is 1.19. The van der Waals surface area contributed by atoms with Crippen molar-refractivity contribution in [2.24, 2.45) is 5.92 Å². The second kappa shape index (κ2) is 9.57. The van der Waals surface area contributed by atoms with E-state index in [1.807, 2.05) is 12.1 Å². The zero-order valence-electron chi connectivity index (χ0n) is 18.3. The highest BCUT2D eigenvalue weighted by Crippen LogP contribution is 2.24. The van der Waals surface area contributed by atoms with E-state index in [9.17, 15) is 9.59 Å². The lowest BCUT2D eigenvalue weighted by molar-refractivity contribution is -0.120. The Balaban J connectivity index is 1.40. The number of benzene rings is 2. The van der Waals surface area contributed by atoms with E-state index in [4.69, 9.17) is 11.6 Å². The van der Waals surface area contributed by atoms with Crippen molar-refractivity contribution in [2.45, 2.75) is 32.6 Å². The zero-order chi connectivity index (χ0) is 22.7. The molecule has 2 aromatic carbocycles. The second-order valence-electron chi connectivity index (χ2n) is 8.45. The summed E-state index contributed by atoms with van der Waals surface area (Å²) in [5, 5.41) is 8.13. The van der Waals surface area contributed by atoms with Crippen LogP contribution in [0.4, 0.5) is 11.5 Å². The van der Waals surface area contributed by atoms with E-state index in [1.54, 1.807) is 30.3 Å². The van der Waals surface area contributed by atoms with Crippen LogP contribution in [-0.2, 0) is 4.79 Å². The molecule has 4 rings (SSSR count). The Labute approximate surface area is 192 Å². The average Bonchev–Trinajstić information content (AvgIpc) is 2.80. The zero-order valence-corrected chi connectivity index (χ0v) is 19.0. The molecular formula is C25H27ClN4O2. The third-order valence-corrected chi connectivity index (χ3v) is 6.11. The van der Waals surface area contributed by atoms with E-state index >= 15 is 0 Å². The number of carbonyl (C=O) groups excluding carboxylic acids is 1. The van der Waals surface area contributed by atoms with Crippen molar-refractivity contribution in [3.05, 3.63) is 81.6 Å². The number of amides is 1. The summed E-state index contributed by atoms with van der Waals surface area (Å²) in [7, 11) is 0. The van der Waals surface area contributed by atoms with Gasteiger partial charge in [-0.3, -0.25) is 9.59 Å². The van der Waals surface area contributed by atoms with Gasteiger partial charge in [-0.25, -0.2) is 0 Å². The molecule has 0 bridgehead atoms. The first kappa shape index (κ1) is 22.1. The van der Waals surface area contributed by atoms with Crippen LogP contribution in [0.15, 0.2) is 65.5 Å². The Hall–Kier alpha value is -3.12. The van der Waals surface area contributed by atoms with Gasteiger partial charge < -0.3 is 10.2 Å². The van der Waals surface area contributed by atoms with E-state index in [1.165, 1.54) is 16.3 Å². The average molecular weight is 451 g/mol. The number of aromatic nitrogens is 2. The van der Waals surface area contributed by atoms with E-state index in [-0.39, 0.29) is 17.4 Å². The van der Waals surface area contributed by atoms with Gasteiger partial charge in [-0.15, -0.1) is 5.10 Å². The standard InChI is InChI=1S/C25H27ClN4O2/c1-17(2)18-6-8-21(9-7-18)27-25(32)19-12-14-29(15-13-19)23-10-11-24(31)30(28-23)22-5-3-4-20(26)16-22/h3-11,16-17,19H,12-15H2,1-2H3,(H,27,32). The van der Waals surface area contributed by atoms with E-state index in [2.05, 4.69) is 41.3 Å². The van der Waals surface area contributed by atoms with Crippen LogP contribution in [0, 0.1) is 5.92 Å². The predicted octanol–water partition coefficient (Wildman–Crippen LogP) is 4.86. The van der Waals surface area contributed by atoms with Gasteiger partial charge in [0.2, 0.25) is 5.91 Å². The topological polar surface area (TPSA) is 67.2 Å². The van der Waals surface area contributed by atoms with Gasteiger partial charge >= 0.3 is 0 Å². The fourth-order valence-electron chi connectivity index (χ4n) is 3.93. The molecule has 1 aliphatic rings. The number of carbonyl (C=O) groups is 1. The first-order valence-electron chi connectivity index (χ1n) is 10.9. The van der Waals surface area contributed by atoms with Gasteiger partial charge in [0.05, 0.1) is 5.69 Å². The lowest BCUT2D eigenvalue weighted by Crippen LogP contribution is -2.39. The van der Waals surface area contributed by atoms with Crippen LogP contribution in [0.5, 0.6) is 0 Å². The van der Waals surface area contributed by atoms with Crippen LogP contribution in [-0.4, -0.2) is 28.8 Å².